The SMILES string of the molecule is CCC(=O)N1CCCC[C@@H]1C(=O)N1CCC(C(=O)O)CC1. The fourth-order valence-electron chi connectivity index (χ4n) is 3.25. The molecule has 118 valence electrons. The van der Waals surface area contributed by atoms with Gasteiger partial charge in [0.15, 0.2) is 0 Å². The van der Waals surface area contributed by atoms with Crippen molar-refractivity contribution in [3.63, 3.8) is 0 Å². The first-order chi connectivity index (χ1) is 10.0. The molecule has 6 nitrogen and oxygen atoms in total. The lowest BCUT2D eigenvalue weighted by molar-refractivity contribution is -0.150. The lowest BCUT2D eigenvalue weighted by Crippen LogP contribution is -2.54. The molecule has 0 spiro atoms. The molecule has 0 bridgehead atoms. The van der Waals surface area contributed by atoms with Crippen LogP contribution in [0.15, 0.2) is 0 Å². The van der Waals surface area contributed by atoms with Crippen molar-refractivity contribution >= 4 is 17.8 Å². The van der Waals surface area contributed by atoms with Gasteiger partial charge in [-0.05, 0) is 32.1 Å². The van der Waals surface area contributed by atoms with E-state index < -0.39 is 5.97 Å². The summed E-state index contributed by atoms with van der Waals surface area (Å²) in [5.74, 6) is -1.08. The van der Waals surface area contributed by atoms with Gasteiger partial charge in [-0.1, -0.05) is 6.92 Å². The summed E-state index contributed by atoms with van der Waals surface area (Å²) in [5, 5.41) is 9.00. The van der Waals surface area contributed by atoms with Gasteiger partial charge in [0.1, 0.15) is 6.04 Å². The lowest BCUT2D eigenvalue weighted by Gasteiger charge is -2.39. The first-order valence-electron chi connectivity index (χ1n) is 7.85. The summed E-state index contributed by atoms with van der Waals surface area (Å²) in [5.41, 5.74) is 0. The highest BCUT2D eigenvalue weighted by Gasteiger charge is 2.36. The predicted molar refractivity (Wildman–Crippen MR) is 76.6 cm³/mol. The maximum absolute atomic E-state index is 12.6. The molecule has 2 amide bonds. The number of hydrogen-bond donors (Lipinski definition) is 1. The van der Waals surface area contributed by atoms with Gasteiger partial charge >= 0.3 is 5.97 Å². The van der Waals surface area contributed by atoms with Crippen LogP contribution in [-0.2, 0) is 14.4 Å². The highest BCUT2D eigenvalue weighted by Crippen LogP contribution is 2.23. The quantitative estimate of drug-likeness (QED) is 0.846. The van der Waals surface area contributed by atoms with Crippen LogP contribution in [0, 0.1) is 5.92 Å². The number of carbonyl (C=O) groups is 3. The first kappa shape index (κ1) is 15.8. The topological polar surface area (TPSA) is 77.9 Å². The number of aliphatic carboxylic acids is 1. The number of hydrogen-bond acceptors (Lipinski definition) is 3. The molecule has 2 aliphatic rings. The Balaban J connectivity index is 1.98. The Morgan fingerprint density at radius 2 is 1.71 bits per heavy atom. The van der Waals surface area contributed by atoms with E-state index in [1.807, 2.05) is 6.92 Å². The van der Waals surface area contributed by atoms with Crippen LogP contribution in [0.1, 0.15) is 45.4 Å². The molecule has 0 aromatic heterocycles. The minimum absolute atomic E-state index is 0.000314. The smallest absolute Gasteiger partial charge is 0.306 e. The Hall–Kier alpha value is -1.59. The molecule has 21 heavy (non-hydrogen) atoms. The van der Waals surface area contributed by atoms with Crippen LogP contribution in [0.3, 0.4) is 0 Å². The van der Waals surface area contributed by atoms with Crippen molar-refractivity contribution in [2.75, 3.05) is 19.6 Å². The van der Waals surface area contributed by atoms with Crippen LogP contribution in [0.4, 0.5) is 0 Å². The van der Waals surface area contributed by atoms with Gasteiger partial charge < -0.3 is 14.9 Å². The van der Waals surface area contributed by atoms with E-state index in [9.17, 15) is 14.4 Å². The molecule has 1 N–H and O–H groups in total. The van der Waals surface area contributed by atoms with Crippen molar-refractivity contribution in [3.8, 4) is 0 Å². The largest absolute Gasteiger partial charge is 0.481 e. The van der Waals surface area contributed by atoms with Gasteiger partial charge in [0.25, 0.3) is 0 Å². The van der Waals surface area contributed by atoms with Crippen molar-refractivity contribution < 1.29 is 19.5 Å². The zero-order valence-corrected chi connectivity index (χ0v) is 12.6. The lowest BCUT2D eigenvalue weighted by atomic mass is 9.95. The molecule has 1 atom stereocenters. The molecule has 0 unspecified atom stereocenters. The molecule has 0 aromatic carbocycles. The Kier molecular flexibility index (Phi) is 5.20. The molecule has 0 saturated carbocycles. The van der Waals surface area contributed by atoms with E-state index in [4.69, 9.17) is 5.11 Å². The second-order valence-electron chi connectivity index (χ2n) is 5.89. The van der Waals surface area contributed by atoms with E-state index in [1.54, 1.807) is 9.80 Å². The summed E-state index contributed by atoms with van der Waals surface area (Å²) in [6.07, 6.45) is 4.09. The molecule has 0 aromatic rings. The zero-order valence-electron chi connectivity index (χ0n) is 12.6. The molecule has 0 radical (unpaired) electrons. The fraction of sp³-hybridized carbons (Fsp3) is 0.800. The van der Waals surface area contributed by atoms with Crippen LogP contribution < -0.4 is 0 Å². The Bertz CT molecular complexity index is 416. The highest BCUT2D eigenvalue weighted by atomic mass is 16.4. The van der Waals surface area contributed by atoms with Crippen molar-refractivity contribution in [2.45, 2.75) is 51.5 Å². The number of carboxylic acids is 1. The maximum Gasteiger partial charge on any atom is 0.306 e. The summed E-state index contributed by atoms with van der Waals surface area (Å²) in [7, 11) is 0. The van der Waals surface area contributed by atoms with E-state index in [1.165, 1.54) is 0 Å². The van der Waals surface area contributed by atoms with Crippen molar-refractivity contribution in [1.82, 2.24) is 9.80 Å². The minimum Gasteiger partial charge on any atom is -0.481 e. The minimum atomic E-state index is -0.775. The number of rotatable bonds is 3. The summed E-state index contributed by atoms with van der Waals surface area (Å²) >= 11 is 0. The van der Waals surface area contributed by atoms with E-state index >= 15 is 0 Å². The Morgan fingerprint density at radius 3 is 2.29 bits per heavy atom. The molecule has 2 aliphatic heterocycles. The third-order valence-electron chi connectivity index (χ3n) is 4.57. The number of likely N-dealkylation sites (tertiary alicyclic amines) is 2. The number of piperidine rings is 2. The summed E-state index contributed by atoms with van der Waals surface area (Å²) < 4.78 is 0. The summed E-state index contributed by atoms with van der Waals surface area (Å²) in [6.45, 7) is 3.45. The third kappa shape index (κ3) is 3.54. The number of amides is 2. The van der Waals surface area contributed by atoms with Gasteiger partial charge in [0.05, 0.1) is 5.92 Å². The van der Waals surface area contributed by atoms with Crippen molar-refractivity contribution in [3.05, 3.63) is 0 Å². The van der Waals surface area contributed by atoms with Crippen molar-refractivity contribution in [2.24, 2.45) is 5.92 Å². The average Bonchev–Trinajstić information content (AvgIpc) is 2.53. The molecule has 6 heteroatoms. The van der Waals surface area contributed by atoms with Gasteiger partial charge in [-0.15, -0.1) is 0 Å². The molecule has 2 saturated heterocycles. The van der Waals surface area contributed by atoms with Crippen LogP contribution in [0.5, 0.6) is 0 Å². The second-order valence-corrected chi connectivity index (χ2v) is 5.89. The highest BCUT2D eigenvalue weighted by molar-refractivity contribution is 5.88. The van der Waals surface area contributed by atoms with Gasteiger partial charge in [0, 0.05) is 26.1 Å². The van der Waals surface area contributed by atoms with Gasteiger partial charge in [-0.3, -0.25) is 14.4 Å². The number of carbonyl (C=O) groups excluding carboxylic acids is 2. The van der Waals surface area contributed by atoms with Crippen molar-refractivity contribution in [1.29, 1.82) is 0 Å². The Labute approximate surface area is 125 Å². The zero-order chi connectivity index (χ0) is 15.4. The number of nitrogens with zero attached hydrogens (tertiary/aromatic N) is 2. The van der Waals surface area contributed by atoms with Gasteiger partial charge in [-0.2, -0.15) is 0 Å². The first-order valence-corrected chi connectivity index (χ1v) is 7.85. The van der Waals surface area contributed by atoms with Crippen LogP contribution >= 0.6 is 0 Å². The molecular formula is C15H24N2O4. The van der Waals surface area contributed by atoms with Gasteiger partial charge in [-0.25, -0.2) is 0 Å². The second kappa shape index (κ2) is 6.91. The molecule has 2 rings (SSSR count). The summed E-state index contributed by atoms with van der Waals surface area (Å²) in [6, 6.07) is -0.340. The van der Waals surface area contributed by atoms with Crippen LogP contribution in [-0.4, -0.2) is 58.4 Å². The standard InChI is InChI=1S/C15H24N2O4/c1-2-13(18)17-8-4-3-5-12(17)14(19)16-9-6-11(7-10-16)15(20)21/h11-12H,2-10H2,1H3,(H,20,21)/t12-/m1/s1. The van der Waals surface area contributed by atoms with E-state index in [-0.39, 0.29) is 23.8 Å². The van der Waals surface area contributed by atoms with Gasteiger partial charge in [0.2, 0.25) is 11.8 Å². The fourth-order valence-corrected chi connectivity index (χ4v) is 3.25. The van der Waals surface area contributed by atoms with Crippen LogP contribution in [0.25, 0.3) is 0 Å². The van der Waals surface area contributed by atoms with E-state index in [0.717, 1.165) is 19.3 Å². The molecule has 0 aliphatic carbocycles. The summed E-state index contributed by atoms with van der Waals surface area (Å²) in [4.78, 5) is 39.0. The molecule has 2 heterocycles. The van der Waals surface area contributed by atoms with Crippen LogP contribution in [0.2, 0.25) is 0 Å². The predicted octanol–water partition coefficient (Wildman–Crippen LogP) is 1.10. The van der Waals surface area contributed by atoms with E-state index in [0.29, 0.717) is 38.9 Å². The third-order valence-corrected chi connectivity index (χ3v) is 4.57. The monoisotopic (exact) mass is 296 g/mol. The van der Waals surface area contributed by atoms with E-state index in [2.05, 4.69) is 0 Å². The molecule has 2 fully saturated rings. The maximum atomic E-state index is 12.6. The number of carboxylic acid groups (broad SMARTS) is 1. The molecular weight excluding hydrogens is 272 g/mol. The average molecular weight is 296 g/mol. The normalized spacial score (nSPS) is 24.0. The Morgan fingerprint density at radius 1 is 1.05 bits per heavy atom.